The number of hydrogen-bond donors (Lipinski definition) is 2. The van der Waals surface area contributed by atoms with Crippen molar-refractivity contribution in [3.63, 3.8) is 0 Å². The van der Waals surface area contributed by atoms with Crippen LogP contribution in [-0.2, 0) is 5.41 Å². The molecule has 2 N–H and O–H groups in total. The van der Waals surface area contributed by atoms with E-state index in [-0.39, 0.29) is 11.5 Å². The van der Waals surface area contributed by atoms with Gasteiger partial charge in [0, 0.05) is 12.0 Å². The molecule has 106 valence electrons. The van der Waals surface area contributed by atoms with Crippen molar-refractivity contribution in [3.8, 4) is 0 Å². The van der Waals surface area contributed by atoms with E-state index in [0.29, 0.717) is 5.92 Å². The lowest BCUT2D eigenvalue weighted by atomic mass is 9.68. The second kappa shape index (κ2) is 6.06. The van der Waals surface area contributed by atoms with E-state index in [2.05, 4.69) is 43.4 Å². The van der Waals surface area contributed by atoms with Crippen LogP contribution in [0.25, 0.3) is 0 Å². The molecule has 1 fully saturated rings. The van der Waals surface area contributed by atoms with Crippen molar-refractivity contribution in [2.75, 3.05) is 13.6 Å². The first kappa shape index (κ1) is 14.5. The van der Waals surface area contributed by atoms with E-state index in [1.54, 1.807) is 0 Å². The summed E-state index contributed by atoms with van der Waals surface area (Å²) in [6.07, 6.45) is 3.91. The minimum Gasteiger partial charge on any atom is -0.393 e. The van der Waals surface area contributed by atoms with Gasteiger partial charge in [-0.1, -0.05) is 38.1 Å². The average Bonchev–Trinajstić information content (AvgIpc) is 2.42. The highest BCUT2D eigenvalue weighted by molar-refractivity contribution is 5.31. The van der Waals surface area contributed by atoms with Crippen LogP contribution in [0.1, 0.15) is 56.6 Å². The van der Waals surface area contributed by atoms with E-state index in [4.69, 9.17) is 0 Å². The Morgan fingerprint density at radius 3 is 2.26 bits per heavy atom. The van der Waals surface area contributed by atoms with E-state index in [9.17, 15) is 5.11 Å². The van der Waals surface area contributed by atoms with Crippen molar-refractivity contribution < 1.29 is 5.11 Å². The molecule has 0 radical (unpaired) electrons. The standard InChI is InChI=1S/C17H27NO/c1-13(2)14-4-6-15(7-5-14)17(12-18-3)10-8-16(19)9-11-17/h4-7,13,16,18-19H,8-12H2,1-3H3. The highest BCUT2D eigenvalue weighted by Gasteiger charge is 2.35. The zero-order valence-corrected chi connectivity index (χ0v) is 12.4. The second-order valence-corrected chi connectivity index (χ2v) is 6.32. The smallest absolute Gasteiger partial charge is 0.0541 e. The largest absolute Gasteiger partial charge is 0.393 e. The summed E-state index contributed by atoms with van der Waals surface area (Å²) in [5, 5.41) is 13.1. The maximum atomic E-state index is 9.75. The van der Waals surface area contributed by atoms with Crippen molar-refractivity contribution in [2.45, 2.75) is 57.0 Å². The molecule has 1 aliphatic carbocycles. The van der Waals surface area contributed by atoms with Crippen molar-refractivity contribution in [2.24, 2.45) is 0 Å². The van der Waals surface area contributed by atoms with Crippen LogP contribution in [0.2, 0.25) is 0 Å². The molecule has 19 heavy (non-hydrogen) atoms. The molecular weight excluding hydrogens is 234 g/mol. The van der Waals surface area contributed by atoms with Gasteiger partial charge in [0.1, 0.15) is 0 Å². The fourth-order valence-electron chi connectivity index (χ4n) is 3.28. The van der Waals surface area contributed by atoms with Gasteiger partial charge >= 0.3 is 0 Å². The molecule has 0 bridgehead atoms. The lowest BCUT2D eigenvalue weighted by Gasteiger charge is -2.39. The molecule has 2 rings (SSSR count). The van der Waals surface area contributed by atoms with Gasteiger partial charge in [-0.15, -0.1) is 0 Å². The minimum atomic E-state index is -0.0973. The van der Waals surface area contributed by atoms with Crippen LogP contribution in [0.4, 0.5) is 0 Å². The van der Waals surface area contributed by atoms with Crippen LogP contribution < -0.4 is 5.32 Å². The number of aliphatic hydroxyl groups is 1. The molecule has 0 unspecified atom stereocenters. The number of benzene rings is 1. The summed E-state index contributed by atoms with van der Waals surface area (Å²) < 4.78 is 0. The van der Waals surface area contributed by atoms with Crippen LogP contribution in [0.5, 0.6) is 0 Å². The van der Waals surface area contributed by atoms with Crippen molar-refractivity contribution in [1.29, 1.82) is 0 Å². The first-order valence-electron chi connectivity index (χ1n) is 7.50. The quantitative estimate of drug-likeness (QED) is 0.872. The van der Waals surface area contributed by atoms with E-state index in [0.717, 1.165) is 32.2 Å². The Morgan fingerprint density at radius 2 is 1.79 bits per heavy atom. The summed E-state index contributed by atoms with van der Waals surface area (Å²) >= 11 is 0. The van der Waals surface area contributed by atoms with E-state index in [1.165, 1.54) is 11.1 Å². The third kappa shape index (κ3) is 3.18. The molecule has 0 atom stereocenters. The van der Waals surface area contributed by atoms with Crippen molar-refractivity contribution >= 4 is 0 Å². The van der Waals surface area contributed by atoms with E-state index < -0.39 is 0 Å². The lowest BCUT2D eigenvalue weighted by molar-refractivity contribution is 0.0952. The van der Waals surface area contributed by atoms with Crippen LogP contribution in [-0.4, -0.2) is 24.8 Å². The van der Waals surface area contributed by atoms with Gasteiger partial charge in [-0.2, -0.15) is 0 Å². The Balaban J connectivity index is 2.23. The molecule has 0 aliphatic heterocycles. The van der Waals surface area contributed by atoms with Crippen LogP contribution >= 0.6 is 0 Å². The summed E-state index contributed by atoms with van der Waals surface area (Å²) in [4.78, 5) is 0. The summed E-state index contributed by atoms with van der Waals surface area (Å²) in [5.74, 6) is 0.586. The predicted molar refractivity (Wildman–Crippen MR) is 80.6 cm³/mol. The molecule has 1 aromatic rings. The van der Waals surface area contributed by atoms with Crippen LogP contribution in [0.15, 0.2) is 24.3 Å². The molecule has 0 spiro atoms. The third-order valence-corrected chi connectivity index (χ3v) is 4.62. The maximum Gasteiger partial charge on any atom is 0.0541 e. The topological polar surface area (TPSA) is 32.3 Å². The summed E-state index contributed by atoms with van der Waals surface area (Å²) in [6.45, 7) is 5.46. The highest BCUT2D eigenvalue weighted by atomic mass is 16.3. The zero-order valence-electron chi connectivity index (χ0n) is 12.4. The summed E-state index contributed by atoms with van der Waals surface area (Å²) in [6, 6.07) is 9.12. The number of aliphatic hydroxyl groups excluding tert-OH is 1. The fourth-order valence-corrected chi connectivity index (χ4v) is 3.28. The first-order valence-corrected chi connectivity index (χ1v) is 7.50. The lowest BCUT2D eigenvalue weighted by Crippen LogP contribution is -2.41. The molecule has 0 aromatic heterocycles. The third-order valence-electron chi connectivity index (χ3n) is 4.62. The highest BCUT2D eigenvalue weighted by Crippen LogP contribution is 2.39. The Morgan fingerprint density at radius 1 is 1.21 bits per heavy atom. The Kier molecular flexibility index (Phi) is 4.64. The van der Waals surface area contributed by atoms with Gasteiger partial charge in [-0.3, -0.25) is 0 Å². The monoisotopic (exact) mass is 261 g/mol. The molecule has 0 heterocycles. The predicted octanol–water partition coefficient (Wildman–Crippen LogP) is 3.20. The molecule has 2 nitrogen and oxygen atoms in total. The first-order chi connectivity index (χ1) is 9.07. The van der Waals surface area contributed by atoms with Gasteiger partial charge < -0.3 is 10.4 Å². The second-order valence-electron chi connectivity index (χ2n) is 6.32. The Hall–Kier alpha value is -0.860. The molecular formula is C17H27NO. The van der Waals surface area contributed by atoms with Gasteiger partial charge in [0.05, 0.1) is 6.10 Å². The molecule has 1 aromatic carbocycles. The average molecular weight is 261 g/mol. The molecule has 0 amide bonds. The Labute approximate surface area is 117 Å². The Bertz CT molecular complexity index is 388. The fraction of sp³-hybridized carbons (Fsp3) is 0.647. The molecule has 1 aliphatic rings. The number of rotatable bonds is 4. The number of nitrogens with one attached hydrogen (secondary N) is 1. The van der Waals surface area contributed by atoms with Gasteiger partial charge in [0.2, 0.25) is 0 Å². The van der Waals surface area contributed by atoms with Crippen LogP contribution in [0.3, 0.4) is 0 Å². The van der Waals surface area contributed by atoms with E-state index in [1.807, 2.05) is 7.05 Å². The van der Waals surface area contributed by atoms with Gasteiger partial charge in [-0.05, 0) is 49.8 Å². The van der Waals surface area contributed by atoms with Crippen molar-refractivity contribution in [1.82, 2.24) is 5.32 Å². The summed E-state index contributed by atoms with van der Waals surface area (Å²) in [7, 11) is 2.02. The normalized spacial score (nSPS) is 27.7. The van der Waals surface area contributed by atoms with Crippen LogP contribution in [0, 0.1) is 0 Å². The molecule has 0 saturated heterocycles. The SMILES string of the molecule is CNCC1(c2ccc(C(C)C)cc2)CCC(O)CC1. The minimum absolute atomic E-state index is 0.0973. The van der Waals surface area contributed by atoms with E-state index >= 15 is 0 Å². The number of hydrogen-bond acceptors (Lipinski definition) is 2. The molecule has 2 heteroatoms. The van der Waals surface area contributed by atoms with Gasteiger partial charge in [-0.25, -0.2) is 0 Å². The maximum absolute atomic E-state index is 9.75. The van der Waals surface area contributed by atoms with Gasteiger partial charge in [0.15, 0.2) is 0 Å². The summed E-state index contributed by atoms with van der Waals surface area (Å²) in [5.41, 5.74) is 3.04. The zero-order chi connectivity index (χ0) is 13.9. The molecule has 1 saturated carbocycles. The number of likely N-dealkylation sites (N-methyl/N-ethyl adjacent to an activating group) is 1. The van der Waals surface area contributed by atoms with Crippen molar-refractivity contribution in [3.05, 3.63) is 35.4 Å². The van der Waals surface area contributed by atoms with Gasteiger partial charge in [0.25, 0.3) is 0 Å².